The van der Waals surface area contributed by atoms with Gasteiger partial charge < -0.3 is 0 Å². The van der Waals surface area contributed by atoms with Crippen molar-refractivity contribution in [2.24, 2.45) is 0 Å². The van der Waals surface area contributed by atoms with Crippen molar-refractivity contribution < 1.29 is 0 Å². The summed E-state index contributed by atoms with van der Waals surface area (Å²) in [5.74, 6) is 2.48. The summed E-state index contributed by atoms with van der Waals surface area (Å²) in [6.45, 7) is 19.3. The number of hydrogen-bond acceptors (Lipinski definition) is 3. The Morgan fingerprint density at radius 1 is 0.652 bits per heavy atom. The first-order chi connectivity index (χ1) is 10.4. The number of aryl methyl sites for hydroxylation is 2. The number of nitrogens with zero attached hydrogens (tertiary/aromatic N) is 3. The first kappa shape index (κ1) is 17.6. The van der Waals surface area contributed by atoms with Crippen LogP contribution in [0.3, 0.4) is 0 Å². The Morgan fingerprint density at radius 2 is 1.04 bits per heavy atom. The monoisotopic (exact) mass is 311 g/mol. The van der Waals surface area contributed by atoms with Gasteiger partial charge in [0.05, 0.1) is 0 Å². The van der Waals surface area contributed by atoms with Crippen LogP contribution in [0.5, 0.6) is 0 Å². The van der Waals surface area contributed by atoms with Crippen molar-refractivity contribution >= 4 is 0 Å². The summed E-state index contributed by atoms with van der Waals surface area (Å²) in [6.07, 6.45) is 0. The minimum Gasteiger partial charge on any atom is -0.217 e. The molecule has 0 saturated heterocycles. The van der Waals surface area contributed by atoms with Gasteiger partial charge in [-0.3, -0.25) is 0 Å². The fraction of sp³-hybridized carbons (Fsp3) is 0.550. The predicted octanol–water partition coefficient (Wildman–Crippen LogP) is 5.06. The van der Waals surface area contributed by atoms with Crippen LogP contribution in [0.4, 0.5) is 0 Å². The van der Waals surface area contributed by atoms with Crippen molar-refractivity contribution in [1.82, 2.24) is 15.0 Å². The van der Waals surface area contributed by atoms with E-state index in [0.29, 0.717) is 0 Å². The molecule has 2 aromatic rings. The molecule has 3 nitrogen and oxygen atoms in total. The molecule has 23 heavy (non-hydrogen) atoms. The minimum absolute atomic E-state index is 0.105. The van der Waals surface area contributed by atoms with Crippen LogP contribution in [-0.2, 0) is 10.8 Å². The normalized spacial score (nSPS) is 12.6. The maximum absolute atomic E-state index is 4.78. The van der Waals surface area contributed by atoms with E-state index in [2.05, 4.69) is 74.4 Å². The van der Waals surface area contributed by atoms with Gasteiger partial charge in [0, 0.05) is 16.4 Å². The summed E-state index contributed by atoms with van der Waals surface area (Å²) >= 11 is 0. The van der Waals surface area contributed by atoms with Crippen LogP contribution in [0, 0.1) is 20.8 Å². The Morgan fingerprint density at radius 3 is 1.39 bits per heavy atom. The molecular weight excluding hydrogens is 282 g/mol. The molecule has 0 radical (unpaired) electrons. The van der Waals surface area contributed by atoms with E-state index in [0.717, 1.165) is 23.0 Å². The SMILES string of the molecule is Cc1cc(-c2nc(C(C)(C)C)nc(C(C)(C)C)n2)cc(C)c1C. The molecule has 1 heterocycles. The fourth-order valence-electron chi connectivity index (χ4n) is 2.34. The smallest absolute Gasteiger partial charge is 0.163 e. The van der Waals surface area contributed by atoms with Crippen molar-refractivity contribution in [2.75, 3.05) is 0 Å². The largest absolute Gasteiger partial charge is 0.217 e. The van der Waals surface area contributed by atoms with E-state index in [-0.39, 0.29) is 10.8 Å². The average Bonchev–Trinajstić information content (AvgIpc) is 2.41. The molecule has 0 atom stereocenters. The Kier molecular flexibility index (Phi) is 4.36. The highest BCUT2D eigenvalue weighted by Crippen LogP contribution is 2.28. The highest BCUT2D eigenvalue weighted by molar-refractivity contribution is 5.59. The Balaban J connectivity index is 2.72. The van der Waals surface area contributed by atoms with E-state index < -0.39 is 0 Å². The second kappa shape index (κ2) is 5.70. The highest BCUT2D eigenvalue weighted by Gasteiger charge is 2.25. The Hall–Kier alpha value is -1.77. The molecule has 0 fully saturated rings. The quantitative estimate of drug-likeness (QED) is 0.739. The van der Waals surface area contributed by atoms with E-state index in [4.69, 9.17) is 15.0 Å². The summed E-state index contributed by atoms with van der Waals surface area (Å²) in [5.41, 5.74) is 4.74. The van der Waals surface area contributed by atoms with Gasteiger partial charge in [0.2, 0.25) is 0 Å². The second-order valence-corrected chi connectivity index (χ2v) is 8.54. The summed E-state index contributed by atoms with van der Waals surface area (Å²) in [7, 11) is 0. The van der Waals surface area contributed by atoms with E-state index in [9.17, 15) is 0 Å². The van der Waals surface area contributed by atoms with Gasteiger partial charge in [0.25, 0.3) is 0 Å². The average molecular weight is 311 g/mol. The zero-order valence-electron chi connectivity index (χ0n) is 16.0. The minimum atomic E-state index is -0.105. The number of hydrogen-bond donors (Lipinski definition) is 0. The van der Waals surface area contributed by atoms with Gasteiger partial charge in [0.1, 0.15) is 11.6 Å². The third-order valence-corrected chi connectivity index (χ3v) is 4.16. The summed E-state index contributed by atoms with van der Waals surface area (Å²) in [5, 5.41) is 0. The Labute approximate surface area is 140 Å². The van der Waals surface area contributed by atoms with Crippen LogP contribution in [0.1, 0.15) is 69.9 Å². The maximum Gasteiger partial charge on any atom is 0.163 e. The molecule has 0 bridgehead atoms. The molecule has 1 aromatic carbocycles. The number of benzene rings is 1. The zero-order chi connectivity index (χ0) is 17.6. The molecule has 0 aliphatic heterocycles. The summed E-state index contributed by atoms with van der Waals surface area (Å²) in [6, 6.07) is 4.35. The van der Waals surface area contributed by atoms with Crippen molar-refractivity contribution in [3.63, 3.8) is 0 Å². The number of aromatic nitrogens is 3. The van der Waals surface area contributed by atoms with Crippen molar-refractivity contribution in [3.05, 3.63) is 40.5 Å². The van der Waals surface area contributed by atoms with Crippen LogP contribution in [-0.4, -0.2) is 15.0 Å². The van der Waals surface area contributed by atoms with Gasteiger partial charge in [-0.2, -0.15) is 0 Å². The van der Waals surface area contributed by atoms with Gasteiger partial charge in [-0.1, -0.05) is 41.5 Å². The molecule has 0 amide bonds. The molecule has 124 valence electrons. The lowest BCUT2D eigenvalue weighted by Gasteiger charge is -2.23. The predicted molar refractivity (Wildman–Crippen MR) is 96.9 cm³/mol. The van der Waals surface area contributed by atoms with Crippen molar-refractivity contribution in [3.8, 4) is 11.4 Å². The standard InChI is InChI=1S/C20H29N3/c1-12-10-15(11-13(2)14(12)3)16-21-17(19(4,5)6)23-18(22-16)20(7,8)9/h10-11H,1-9H3. The maximum atomic E-state index is 4.78. The van der Waals surface area contributed by atoms with Crippen LogP contribution < -0.4 is 0 Å². The zero-order valence-corrected chi connectivity index (χ0v) is 16.0. The molecule has 1 aromatic heterocycles. The van der Waals surface area contributed by atoms with E-state index in [1.807, 2.05) is 0 Å². The molecule has 0 saturated carbocycles. The lowest BCUT2D eigenvalue weighted by atomic mass is 9.92. The first-order valence-electron chi connectivity index (χ1n) is 8.25. The van der Waals surface area contributed by atoms with Gasteiger partial charge in [0.15, 0.2) is 5.82 Å². The molecule has 0 spiro atoms. The molecule has 0 aliphatic rings. The van der Waals surface area contributed by atoms with E-state index >= 15 is 0 Å². The van der Waals surface area contributed by atoms with Crippen LogP contribution >= 0.6 is 0 Å². The van der Waals surface area contributed by atoms with Gasteiger partial charge in [-0.05, 0) is 49.6 Å². The molecule has 0 aliphatic carbocycles. The topological polar surface area (TPSA) is 38.7 Å². The molecule has 3 heteroatoms. The van der Waals surface area contributed by atoms with Crippen molar-refractivity contribution in [2.45, 2.75) is 73.1 Å². The van der Waals surface area contributed by atoms with Gasteiger partial charge in [-0.25, -0.2) is 15.0 Å². The molecule has 2 rings (SSSR count). The summed E-state index contributed by atoms with van der Waals surface area (Å²) in [4.78, 5) is 14.3. The Bertz CT molecular complexity index is 676. The molecule has 0 N–H and O–H groups in total. The van der Waals surface area contributed by atoms with Crippen molar-refractivity contribution in [1.29, 1.82) is 0 Å². The van der Waals surface area contributed by atoms with E-state index in [1.165, 1.54) is 16.7 Å². The van der Waals surface area contributed by atoms with Crippen LogP contribution in [0.15, 0.2) is 12.1 Å². The molecule has 0 unspecified atom stereocenters. The highest BCUT2D eigenvalue weighted by atomic mass is 15.0. The fourth-order valence-corrected chi connectivity index (χ4v) is 2.34. The third-order valence-electron chi connectivity index (χ3n) is 4.16. The lowest BCUT2D eigenvalue weighted by Crippen LogP contribution is -2.24. The summed E-state index contributed by atoms with van der Waals surface area (Å²) < 4.78 is 0. The van der Waals surface area contributed by atoms with Crippen LogP contribution in [0.2, 0.25) is 0 Å². The number of rotatable bonds is 1. The lowest BCUT2D eigenvalue weighted by molar-refractivity contribution is 0.497. The van der Waals surface area contributed by atoms with E-state index in [1.54, 1.807) is 0 Å². The second-order valence-electron chi connectivity index (χ2n) is 8.54. The first-order valence-corrected chi connectivity index (χ1v) is 8.25. The van der Waals surface area contributed by atoms with Gasteiger partial charge >= 0.3 is 0 Å². The molecular formula is C20H29N3. The van der Waals surface area contributed by atoms with Crippen LogP contribution in [0.25, 0.3) is 11.4 Å². The third kappa shape index (κ3) is 3.77. The van der Waals surface area contributed by atoms with Gasteiger partial charge in [-0.15, -0.1) is 0 Å².